The van der Waals surface area contributed by atoms with Crippen LogP contribution in [0.3, 0.4) is 0 Å². The Kier molecular flexibility index (Phi) is 9.46. The van der Waals surface area contributed by atoms with E-state index in [1.54, 1.807) is 13.2 Å². The first-order valence-electron chi connectivity index (χ1n) is 11.2. The van der Waals surface area contributed by atoms with Crippen LogP contribution in [0.15, 0.2) is 60.2 Å². The van der Waals surface area contributed by atoms with Crippen LogP contribution >= 0.6 is 0 Å². The summed E-state index contributed by atoms with van der Waals surface area (Å²) < 4.78 is 10.5. The van der Waals surface area contributed by atoms with Gasteiger partial charge in [0.15, 0.2) is 0 Å². The molecule has 0 saturated carbocycles. The largest absolute Gasteiger partial charge is 0.497 e. The zero-order chi connectivity index (χ0) is 24.4. The lowest BCUT2D eigenvalue weighted by molar-refractivity contribution is -0.148. The number of hydrogen-bond acceptors (Lipinski definition) is 4. The molecule has 2 aromatic rings. The molecule has 0 aliphatic carbocycles. The Labute approximate surface area is 197 Å². The van der Waals surface area contributed by atoms with Crippen LogP contribution in [-0.2, 0) is 27.2 Å². The van der Waals surface area contributed by atoms with E-state index in [2.05, 4.69) is 11.4 Å². The molecule has 0 heterocycles. The van der Waals surface area contributed by atoms with Crippen LogP contribution in [0.1, 0.15) is 57.7 Å². The van der Waals surface area contributed by atoms with E-state index in [1.807, 2.05) is 77.1 Å². The van der Waals surface area contributed by atoms with E-state index in [-0.39, 0.29) is 5.91 Å². The highest BCUT2D eigenvalue weighted by Gasteiger charge is 2.14. The first kappa shape index (κ1) is 25.9. The Bertz CT molecular complexity index is 1010. The van der Waals surface area contributed by atoms with Crippen LogP contribution in [0.2, 0.25) is 0 Å². The molecule has 1 N–H and O–H groups in total. The number of carbonyl (C=O) groups is 2. The summed E-state index contributed by atoms with van der Waals surface area (Å²) in [6.45, 7) is 9.58. The fraction of sp³-hybridized carbons (Fsp3) is 0.357. The van der Waals surface area contributed by atoms with Crippen molar-refractivity contribution in [2.24, 2.45) is 0 Å². The quantitative estimate of drug-likeness (QED) is 0.284. The smallest absolute Gasteiger partial charge is 0.331 e. The van der Waals surface area contributed by atoms with Crippen molar-refractivity contribution in [3.63, 3.8) is 0 Å². The van der Waals surface area contributed by atoms with Crippen molar-refractivity contribution in [3.8, 4) is 5.75 Å². The molecule has 0 aromatic heterocycles. The molecule has 5 nitrogen and oxygen atoms in total. The number of amides is 1. The second kappa shape index (κ2) is 12.0. The Morgan fingerprint density at radius 1 is 1.03 bits per heavy atom. The Morgan fingerprint density at radius 3 is 2.33 bits per heavy atom. The number of methoxy groups -OCH3 is 1. The number of anilines is 1. The molecule has 5 heteroatoms. The molecule has 0 saturated heterocycles. The zero-order valence-electron chi connectivity index (χ0n) is 20.5. The lowest BCUT2D eigenvalue weighted by Gasteiger charge is -2.18. The maximum absolute atomic E-state index is 12.7. The Balaban J connectivity index is 2.12. The van der Waals surface area contributed by atoms with Gasteiger partial charge in [0.1, 0.15) is 11.4 Å². The van der Waals surface area contributed by atoms with Gasteiger partial charge in [0.25, 0.3) is 0 Å². The number of nitrogens with one attached hydrogen (secondary N) is 1. The van der Waals surface area contributed by atoms with Crippen molar-refractivity contribution < 1.29 is 19.1 Å². The van der Waals surface area contributed by atoms with Gasteiger partial charge in [-0.3, -0.25) is 4.79 Å². The van der Waals surface area contributed by atoms with Crippen molar-refractivity contribution in [3.05, 3.63) is 76.9 Å². The average molecular weight is 450 g/mol. The van der Waals surface area contributed by atoms with Gasteiger partial charge < -0.3 is 14.8 Å². The SMILES string of the molecule is COc1ccc(CCC(=O)Nc2cc(/C=C/C(=O)OC(C)(C)C)ccc2CC=C(C)C)cc1. The van der Waals surface area contributed by atoms with Gasteiger partial charge in [0.05, 0.1) is 7.11 Å². The lowest BCUT2D eigenvalue weighted by Crippen LogP contribution is -2.22. The second-order valence-electron chi connectivity index (χ2n) is 9.17. The topological polar surface area (TPSA) is 64.6 Å². The van der Waals surface area contributed by atoms with E-state index in [4.69, 9.17) is 9.47 Å². The summed E-state index contributed by atoms with van der Waals surface area (Å²) in [6.07, 6.45) is 6.95. The maximum Gasteiger partial charge on any atom is 0.331 e. The van der Waals surface area contributed by atoms with E-state index >= 15 is 0 Å². The van der Waals surface area contributed by atoms with E-state index in [0.717, 1.165) is 28.1 Å². The van der Waals surface area contributed by atoms with Crippen LogP contribution in [0.5, 0.6) is 5.75 Å². The van der Waals surface area contributed by atoms with Crippen molar-refractivity contribution in [1.29, 1.82) is 0 Å². The maximum atomic E-state index is 12.7. The van der Waals surface area contributed by atoms with Crippen molar-refractivity contribution in [2.45, 2.75) is 59.5 Å². The molecule has 0 spiro atoms. The molecular weight excluding hydrogens is 414 g/mol. The number of aryl methyl sites for hydroxylation is 1. The molecule has 176 valence electrons. The van der Waals surface area contributed by atoms with E-state index in [1.165, 1.54) is 11.6 Å². The summed E-state index contributed by atoms with van der Waals surface area (Å²) in [6, 6.07) is 13.5. The van der Waals surface area contributed by atoms with Gasteiger partial charge in [-0.15, -0.1) is 0 Å². The number of carbonyl (C=O) groups excluding carboxylic acids is 2. The summed E-state index contributed by atoms with van der Waals surface area (Å²) in [4.78, 5) is 24.7. The number of hydrogen-bond donors (Lipinski definition) is 1. The van der Waals surface area contributed by atoms with Crippen LogP contribution in [0, 0.1) is 0 Å². The third-order valence-electron chi connectivity index (χ3n) is 4.76. The molecule has 2 rings (SSSR count). The fourth-order valence-corrected chi connectivity index (χ4v) is 3.07. The molecule has 0 unspecified atom stereocenters. The normalized spacial score (nSPS) is 11.2. The third-order valence-corrected chi connectivity index (χ3v) is 4.76. The van der Waals surface area contributed by atoms with Crippen molar-refractivity contribution >= 4 is 23.6 Å². The predicted molar refractivity (Wildman–Crippen MR) is 134 cm³/mol. The third kappa shape index (κ3) is 9.77. The molecule has 0 bridgehead atoms. The predicted octanol–water partition coefficient (Wildman–Crippen LogP) is 6.13. The minimum atomic E-state index is -0.543. The molecule has 2 aromatic carbocycles. The number of benzene rings is 2. The van der Waals surface area contributed by atoms with Gasteiger partial charge in [-0.2, -0.15) is 0 Å². The summed E-state index contributed by atoms with van der Waals surface area (Å²) in [5.74, 6) is 0.335. The van der Waals surface area contributed by atoms with Crippen LogP contribution in [-0.4, -0.2) is 24.6 Å². The first-order valence-corrected chi connectivity index (χ1v) is 11.2. The van der Waals surface area contributed by atoms with Crippen LogP contribution in [0.25, 0.3) is 6.08 Å². The standard InChI is InChI=1S/C28H35NO4/c1-20(2)7-13-23-14-8-22(12-18-27(31)33-28(3,4)5)19-25(23)29-26(30)17-11-21-9-15-24(32-6)16-10-21/h7-10,12,14-16,18-19H,11,13,17H2,1-6H3,(H,29,30)/b18-12+. The monoisotopic (exact) mass is 449 g/mol. The Hall–Kier alpha value is -3.34. The highest BCUT2D eigenvalue weighted by Crippen LogP contribution is 2.22. The highest BCUT2D eigenvalue weighted by molar-refractivity contribution is 5.92. The molecule has 0 atom stereocenters. The van der Waals surface area contributed by atoms with E-state index in [9.17, 15) is 9.59 Å². The highest BCUT2D eigenvalue weighted by atomic mass is 16.6. The summed E-state index contributed by atoms with van der Waals surface area (Å²) in [5.41, 5.74) is 4.32. The van der Waals surface area contributed by atoms with E-state index in [0.29, 0.717) is 19.3 Å². The number of allylic oxidation sites excluding steroid dienone is 2. The number of rotatable bonds is 9. The van der Waals surface area contributed by atoms with Crippen LogP contribution in [0.4, 0.5) is 5.69 Å². The summed E-state index contributed by atoms with van der Waals surface area (Å²) in [5, 5.41) is 3.05. The van der Waals surface area contributed by atoms with E-state index < -0.39 is 11.6 Å². The summed E-state index contributed by atoms with van der Waals surface area (Å²) >= 11 is 0. The van der Waals surface area contributed by atoms with Gasteiger partial charge in [0, 0.05) is 18.2 Å². The number of ether oxygens (including phenoxy) is 2. The van der Waals surface area contributed by atoms with Crippen molar-refractivity contribution in [1.82, 2.24) is 0 Å². The number of esters is 1. The van der Waals surface area contributed by atoms with Gasteiger partial charge in [-0.25, -0.2) is 4.79 Å². The van der Waals surface area contributed by atoms with Gasteiger partial charge in [0.2, 0.25) is 5.91 Å². The molecule has 0 aliphatic rings. The minimum absolute atomic E-state index is 0.0578. The molecule has 33 heavy (non-hydrogen) atoms. The minimum Gasteiger partial charge on any atom is -0.497 e. The van der Waals surface area contributed by atoms with Gasteiger partial charge in [-0.1, -0.05) is 35.9 Å². The van der Waals surface area contributed by atoms with Gasteiger partial charge in [-0.05, 0) is 88.4 Å². The van der Waals surface area contributed by atoms with Gasteiger partial charge >= 0.3 is 5.97 Å². The second-order valence-corrected chi connectivity index (χ2v) is 9.17. The average Bonchev–Trinajstić information content (AvgIpc) is 2.74. The first-order chi connectivity index (χ1) is 15.6. The Morgan fingerprint density at radius 2 is 1.73 bits per heavy atom. The molecule has 0 aliphatic heterocycles. The van der Waals surface area contributed by atoms with Crippen molar-refractivity contribution in [2.75, 3.05) is 12.4 Å². The summed E-state index contributed by atoms with van der Waals surface area (Å²) in [7, 11) is 1.63. The molecule has 0 radical (unpaired) electrons. The lowest BCUT2D eigenvalue weighted by atomic mass is 10.0. The van der Waals surface area contributed by atoms with Crippen LogP contribution < -0.4 is 10.1 Å². The molecule has 1 amide bonds. The zero-order valence-corrected chi connectivity index (χ0v) is 20.5. The molecular formula is C28H35NO4. The molecule has 0 fully saturated rings. The fourth-order valence-electron chi connectivity index (χ4n) is 3.07.